The van der Waals surface area contributed by atoms with Gasteiger partial charge in [-0.1, -0.05) is 48.0 Å². The van der Waals surface area contributed by atoms with Gasteiger partial charge < -0.3 is 10.1 Å². The minimum absolute atomic E-state index is 0.0140. The molecule has 0 aliphatic heterocycles. The van der Waals surface area contributed by atoms with Gasteiger partial charge in [-0.25, -0.2) is 13.1 Å². The van der Waals surface area contributed by atoms with Gasteiger partial charge in [0.2, 0.25) is 10.0 Å². The van der Waals surface area contributed by atoms with Crippen molar-refractivity contribution in [2.24, 2.45) is 0 Å². The molecule has 31 heavy (non-hydrogen) atoms. The summed E-state index contributed by atoms with van der Waals surface area (Å²) in [5.74, 6) is -0.0588. The molecule has 0 saturated heterocycles. The van der Waals surface area contributed by atoms with E-state index in [0.29, 0.717) is 22.9 Å². The summed E-state index contributed by atoms with van der Waals surface area (Å²) in [6, 6.07) is 19.7. The summed E-state index contributed by atoms with van der Waals surface area (Å²) in [5.41, 5.74) is 1.44. The highest BCUT2D eigenvalue weighted by Crippen LogP contribution is 2.29. The number of rotatable bonds is 8. The predicted molar refractivity (Wildman–Crippen MR) is 122 cm³/mol. The monoisotopic (exact) mass is 458 g/mol. The third kappa shape index (κ3) is 5.85. The molecule has 0 aliphatic carbocycles. The van der Waals surface area contributed by atoms with E-state index < -0.39 is 22.0 Å². The van der Waals surface area contributed by atoms with Gasteiger partial charge >= 0.3 is 0 Å². The summed E-state index contributed by atoms with van der Waals surface area (Å²) in [6.45, 7) is 3.93. The molecule has 162 valence electrons. The van der Waals surface area contributed by atoms with E-state index in [-0.39, 0.29) is 10.6 Å². The van der Waals surface area contributed by atoms with Crippen LogP contribution >= 0.6 is 11.6 Å². The zero-order valence-electron chi connectivity index (χ0n) is 17.1. The van der Waals surface area contributed by atoms with Crippen LogP contribution in [-0.4, -0.2) is 20.9 Å². The summed E-state index contributed by atoms with van der Waals surface area (Å²) >= 11 is 5.96. The first kappa shape index (κ1) is 22.8. The molecule has 0 spiro atoms. The van der Waals surface area contributed by atoms with E-state index in [9.17, 15) is 13.2 Å². The van der Waals surface area contributed by atoms with E-state index in [4.69, 9.17) is 16.3 Å². The highest BCUT2D eigenvalue weighted by Gasteiger charge is 2.21. The van der Waals surface area contributed by atoms with Crippen LogP contribution in [0.5, 0.6) is 5.75 Å². The van der Waals surface area contributed by atoms with Crippen molar-refractivity contribution in [3.63, 3.8) is 0 Å². The van der Waals surface area contributed by atoms with Crippen molar-refractivity contribution in [1.29, 1.82) is 0 Å². The molecule has 0 radical (unpaired) electrons. The van der Waals surface area contributed by atoms with Crippen molar-refractivity contribution in [2.45, 2.75) is 24.8 Å². The quantitative estimate of drug-likeness (QED) is 0.495. The third-order valence-corrected chi connectivity index (χ3v) is 6.30. The molecule has 2 N–H and O–H groups in total. The van der Waals surface area contributed by atoms with Crippen molar-refractivity contribution in [3.8, 4) is 5.75 Å². The fourth-order valence-electron chi connectivity index (χ4n) is 2.99. The average Bonchev–Trinajstić information content (AvgIpc) is 2.75. The van der Waals surface area contributed by atoms with Crippen molar-refractivity contribution in [3.05, 3.63) is 88.9 Å². The Bertz CT molecular complexity index is 1170. The number of anilines is 1. The summed E-state index contributed by atoms with van der Waals surface area (Å²) in [4.78, 5) is 12.7. The summed E-state index contributed by atoms with van der Waals surface area (Å²) in [7, 11) is -3.85. The zero-order valence-corrected chi connectivity index (χ0v) is 18.7. The minimum atomic E-state index is -3.85. The van der Waals surface area contributed by atoms with Crippen LogP contribution in [0.4, 0.5) is 5.69 Å². The van der Waals surface area contributed by atoms with E-state index in [1.807, 2.05) is 30.3 Å². The second-order valence-corrected chi connectivity index (χ2v) is 8.96. The van der Waals surface area contributed by atoms with E-state index in [2.05, 4.69) is 10.0 Å². The molecular weight excluding hydrogens is 436 g/mol. The standard InChI is InChI=1S/C23H23ClN2O4S/c1-3-30-22-13-12-20(31(28,29)26-16(2)17-8-5-4-6-9-17)15-21(22)25-23(27)18-10-7-11-19(24)14-18/h4-16,26H,3H2,1-2H3,(H,25,27)/t16-/m1/s1. The molecule has 3 aromatic carbocycles. The Morgan fingerprint density at radius 1 is 1.03 bits per heavy atom. The predicted octanol–water partition coefficient (Wildman–Crippen LogP) is 5.03. The first-order valence-electron chi connectivity index (χ1n) is 9.71. The van der Waals surface area contributed by atoms with Gasteiger partial charge in [0.25, 0.3) is 5.91 Å². The molecule has 0 saturated carbocycles. The van der Waals surface area contributed by atoms with Crippen LogP contribution in [0.3, 0.4) is 0 Å². The lowest BCUT2D eigenvalue weighted by atomic mass is 10.1. The Morgan fingerprint density at radius 3 is 2.45 bits per heavy atom. The molecule has 0 aromatic heterocycles. The van der Waals surface area contributed by atoms with Gasteiger partial charge in [0, 0.05) is 16.6 Å². The van der Waals surface area contributed by atoms with Crippen LogP contribution in [0, 0.1) is 0 Å². The van der Waals surface area contributed by atoms with Gasteiger partial charge in [0.15, 0.2) is 0 Å². The van der Waals surface area contributed by atoms with Gasteiger partial charge in [0.05, 0.1) is 17.2 Å². The number of sulfonamides is 1. The Kier molecular flexibility index (Phi) is 7.33. The van der Waals surface area contributed by atoms with Crippen molar-refractivity contribution in [1.82, 2.24) is 4.72 Å². The second-order valence-electron chi connectivity index (χ2n) is 6.81. The number of nitrogens with one attached hydrogen (secondary N) is 2. The van der Waals surface area contributed by atoms with E-state index in [1.54, 1.807) is 32.0 Å². The molecule has 3 rings (SSSR count). The highest BCUT2D eigenvalue weighted by atomic mass is 35.5. The maximum Gasteiger partial charge on any atom is 0.255 e. The molecule has 0 bridgehead atoms. The van der Waals surface area contributed by atoms with E-state index >= 15 is 0 Å². The molecule has 8 heteroatoms. The fourth-order valence-corrected chi connectivity index (χ4v) is 4.44. The molecule has 1 amide bonds. The normalized spacial score (nSPS) is 12.2. The Balaban J connectivity index is 1.89. The van der Waals surface area contributed by atoms with Crippen LogP contribution in [0.2, 0.25) is 5.02 Å². The molecule has 3 aromatic rings. The summed E-state index contributed by atoms with van der Waals surface area (Å²) in [6.07, 6.45) is 0. The number of hydrogen-bond acceptors (Lipinski definition) is 4. The van der Waals surface area contributed by atoms with Crippen LogP contribution in [0.1, 0.15) is 35.8 Å². The molecule has 0 fully saturated rings. The van der Waals surface area contributed by atoms with Gasteiger partial charge in [-0.05, 0) is 55.8 Å². The zero-order chi connectivity index (χ0) is 22.4. The molecule has 0 heterocycles. The lowest BCUT2D eigenvalue weighted by Crippen LogP contribution is -2.27. The summed E-state index contributed by atoms with van der Waals surface area (Å²) < 4.78 is 34.1. The first-order chi connectivity index (χ1) is 14.8. The number of halogens is 1. The fraction of sp³-hybridized carbons (Fsp3) is 0.174. The number of benzene rings is 3. The van der Waals surface area contributed by atoms with Crippen molar-refractivity contribution < 1.29 is 17.9 Å². The molecule has 1 atom stereocenters. The maximum absolute atomic E-state index is 13.0. The lowest BCUT2D eigenvalue weighted by molar-refractivity contribution is 0.102. The van der Waals surface area contributed by atoms with Crippen LogP contribution < -0.4 is 14.8 Å². The van der Waals surface area contributed by atoms with Gasteiger partial charge in [-0.3, -0.25) is 4.79 Å². The van der Waals surface area contributed by atoms with Crippen molar-refractivity contribution in [2.75, 3.05) is 11.9 Å². The van der Waals surface area contributed by atoms with Gasteiger partial charge in [0.1, 0.15) is 5.75 Å². The smallest absolute Gasteiger partial charge is 0.255 e. The SMILES string of the molecule is CCOc1ccc(S(=O)(=O)N[C@H](C)c2ccccc2)cc1NC(=O)c1cccc(Cl)c1. The van der Waals surface area contributed by atoms with Gasteiger partial charge in [-0.15, -0.1) is 0 Å². The van der Waals surface area contributed by atoms with Crippen LogP contribution in [0.25, 0.3) is 0 Å². The summed E-state index contributed by atoms with van der Waals surface area (Å²) in [5, 5.41) is 3.15. The molecule has 0 aliphatic rings. The molecule has 6 nitrogen and oxygen atoms in total. The second kappa shape index (κ2) is 9.96. The number of carbonyl (C=O) groups excluding carboxylic acids is 1. The largest absolute Gasteiger partial charge is 0.492 e. The topological polar surface area (TPSA) is 84.5 Å². The van der Waals surface area contributed by atoms with Crippen molar-refractivity contribution >= 4 is 33.2 Å². The average molecular weight is 459 g/mol. The third-order valence-electron chi connectivity index (χ3n) is 4.53. The first-order valence-corrected chi connectivity index (χ1v) is 11.6. The number of ether oxygens (including phenoxy) is 1. The Morgan fingerprint density at radius 2 is 1.77 bits per heavy atom. The number of carbonyl (C=O) groups is 1. The minimum Gasteiger partial charge on any atom is -0.492 e. The van der Waals surface area contributed by atoms with Gasteiger partial charge in [-0.2, -0.15) is 0 Å². The molecular formula is C23H23ClN2O4S. The lowest BCUT2D eigenvalue weighted by Gasteiger charge is -2.17. The number of amides is 1. The Labute approximate surface area is 187 Å². The van der Waals surface area contributed by atoms with E-state index in [0.717, 1.165) is 5.56 Å². The highest BCUT2D eigenvalue weighted by molar-refractivity contribution is 7.89. The van der Waals surface area contributed by atoms with Crippen LogP contribution in [0.15, 0.2) is 77.7 Å². The number of hydrogen-bond donors (Lipinski definition) is 2. The Hall–Kier alpha value is -2.87. The van der Waals surface area contributed by atoms with Crippen LogP contribution in [-0.2, 0) is 10.0 Å². The maximum atomic E-state index is 13.0. The molecule has 0 unspecified atom stereocenters. The van der Waals surface area contributed by atoms with E-state index in [1.165, 1.54) is 24.3 Å².